The number of hydrogen-bond donors (Lipinski definition) is 2. The van der Waals surface area contributed by atoms with Crippen LogP contribution in [0.5, 0.6) is 5.75 Å². The van der Waals surface area contributed by atoms with Crippen LogP contribution >= 0.6 is 0 Å². The zero-order valence-electron chi connectivity index (χ0n) is 16.6. The van der Waals surface area contributed by atoms with E-state index in [2.05, 4.69) is 20.6 Å². The Balaban J connectivity index is 1.60. The Morgan fingerprint density at radius 3 is 2.68 bits per heavy atom. The predicted molar refractivity (Wildman–Crippen MR) is 108 cm³/mol. The highest BCUT2D eigenvalue weighted by Gasteiger charge is 2.23. The van der Waals surface area contributed by atoms with Crippen molar-refractivity contribution < 1.29 is 14.3 Å². The molecule has 3 rings (SSSR count). The highest BCUT2D eigenvalue weighted by molar-refractivity contribution is 5.68. The Morgan fingerprint density at radius 1 is 1.21 bits per heavy atom. The van der Waals surface area contributed by atoms with Crippen LogP contribution in [0.15, 0.2) is 30.6 Å². The van der Waals surface area contributed by atoms with E-state index in [4.69, 9.17) is 9.47 Å². The second-order valence-corrected chi connectivity index (χ2v) is 6.72. The van der Waals surface area contributed by atoms with E-state index >= 15 is 0 Å². The summed E-state index contributed by atoms with van der Waals surface area (Å²) < 4.78 is 10.5. The van der Waals surface area contributed by atoms with Crippen LogP contribution in [0.1, 0.15) is 25.3 Å². The molecule has 0 spiro atoms. The lowest BCUT2D eigenvalue weighted by Crippen LogP contribution is -2.42. The molecule has 28 heavy (non-hydrogen) atoms. The molecule has 0 atom stereocenters. The zero-order valence-corrected chi connectivity index (χ0v) is 16.6. The van der Waals surface area contributed by atoms with Crippen molar-refractivity contribution in [1.29, 1.82) is 0 Å². The monoisotopic (exact) mass is 385 g/mol. The van der Waals surface area contributed by atoms with Crippen molar-refractivity contribution in [2.75, 3.05) is 37.4 Å². The third kappa shape index (κ3) is 5.03. The molecular formula is C20H27N5O3. The first-order valence-corrected chi connectivity index (χ1v) is 9.51. The number of aromatic nitrogens is 2. The standard InChI is InChI=1S/C20H27N5O3/c1-4-28-20(26)25-9-7-15(8-10-25)23-18-12-19(22-13-21-18)24-16-11-14(2)5-6-17(16)27-3/h5-6,11-13,15H,4,7-10H2,1-3H3,(H2,21,22,23,24). The van der Waals surface area contributed by atoms with Crippen LogP contribution in [0.2, 0.25) is 0 Å². The molecule has 0 radical (unpaired) electrons. The topological polar surface area (TPSA) is 88.6 Å². The van der Waals surface area contributed by atoms with Crippen molar-refractivity contribution in [3.63, 3.8) is 0 Å². The molecule has 1 aromatic carbocycles. The number of rotatable bonds is 6. The maximum absolute atomic E-state index is 11.8. The highest BCUT2D eigenvalue weighted by atomic mass is 16.6. The van der Waals surface area contributed by atoms with Crippen molar-refractivity contribution in [2.24, 2.45) is 0 Å². The minimum absolute atomic E-state index is 0.235. The van der Waals surface area contributed by atoms with Gasteiger partial charge in [0.2, 0.25) is 0 Å². The van der Waals surface area contributed by atoms with Crippen LogP contribution in [-0.4, -0.2) is 53.8 Å². The average Bonchev–Trinajstić information content (AvgIpc) is 2.69. The third-order valence-corrected chi connectivity index (χ3v) is 4.66. The van der Waals surface area contributed by atoms with Gasteiger partial charge in [0.15, 0.2) is 0 Å². The van der Waals surface area contributed by atoms with Gasteiger partial charge in [-0.05, 0) is 44.4 Å². The molecular weight excluding hydrogens is 358 g/mol. The van der Waals surface area contributed by atoms with E-state index in [9.17, 15) is 4.79 Å². The van der Waals surface area contributed by atoms with E-state index in [1.165, 1.54) is 6.33 Å². The SMILES string of the molecule is CCOC(=O)N1CCC(Nc2cc(Nc3cc(C)ccc3OC)ncn2)CC1. The molecule has 8 nitrogen and oxygen atoms in total. The summed E-state index contributed by atoms with van der Waals surface area (Å²) in [6.07, 6.45) is 2.98. The van der Waals surface area contributed by atoms with Gasteiger partial charge in [0.1, 0.15) is 23.7 Å². The molecule has 2 heterocycles. The van der Waals surface area contributed by atoms with E-state index in [0.717, 1.165) is 35.7 Å². The van der Waals surface area contributed by atoms with E-state index < -0.39 is 0 Å². The van der Waals surface area contributed by atoms with Crippen molar-refractivity contribution >= 4 is 23.4 Å². The van der Waals surface area contributed by atoms with Crippen LogP contribution in [0.3, 0.4) is 0 Å². The number of benzene rings is 1. The largest absolute Gasteiger partial charge is 0.495 e. The second-order valence-electron chi connectivity index (χ2n) is 6.72. The fourth-order valence-electron chi connectivity index (χ4n) is 3.19. The van der Waals surface area contributed by atoms with Gasteiger partial charge in [-0.25, -0.2) is 14.8 Å². The van der Waals surface area contributed by atoms with Gasteiger partial charge in [0.25, 0.3) is 0 Å². The highest BCUT2D eigenvalue weighted by Crippen LogP contribution is 2.28. The molecule has 2 aromatic rings. The minimum atomic E-state index is -0.235. The Bertz CT molecular complexity index is 806. The Kier molecular flexibility index (Phi) is 6.52. The molecule has 1 aromatic heterocycles. The van der Waals surface area contributed by atoms with Crippen LogP contribution < -0.4 is 15.4 Å². The minimum Gasteiger partial charge on any atom is -0.495 e. The maximum atomic E-state index is 11.8. The number of nitrogens with zero attached hydrogens (tertiary/aromatic N) is 3. The molecule has 1 saturated heterocycles. The lowest BCUT2D eigenvalue weighted by atomic mass is 10.1. The first-order valence-electron chi connectivity index (χ1n) is 9.51. The summed E-state index contributed by atoms with van der Waals surface area (Å²) in [7, 11) is 1.64. The maximum Gasteiger partial charge on any atom is 0.409 e. The van der Waals surface area contributed by atoms with Gasteiger partial charge in [0, 0.05) is 25.2 Å². The number of hydrogen-bond acceptors (Lipinski definition) is 7. The molecule has 1 aliphatic heterocycles. The van der Waals surface area contributed by atoms with Crippen molar-refractivity contribution in [3.05, 3.63) is 36.2 Å². The number of aryl methyl sites for hydroxylation is 1. The summed E-state index contributed by atoms with van der Waals surface area (Å²) in [5, 5.41) is 6.73. The molecule has 1 aliphatic rings. The number of nitrogens with one attached hydrogen (secondary N) is 2. The van der Waals surface area contributed by atoms with Crippen molar-refractivity contribution in [3.8, 4) is 5.75 Å². The number of ether oxygens (including phenoxy) is 2. The van der Waals surface area contributed by atoms with Gasteiger partial charge in [0.05, 0.1) is 19.4 Å². The predicted octanol–water partition coefficient (Wildman–Crippen LogP) is 3.57. The summed E-state index contributed by atoms with van der Waals surface area (Å²) in [6.45, 7) is 5.60. The Hall–Kier alpha value is -3.03. The van der Waals surface area contributed by atoms with Crippen LogP contribution in [0, 0.1) is 6.92 Å². The van der Waals surface area contributed by atoms with Gasteiger partial charge < -0.3 is 25.0 Å². The molecule has 0 saturated carbocycles. The van der Waals surface area contributed by atoms with E-state index in [1.807, 2.05) is 38.1 Å². The van der Waals surface area contributed by atoms with Crippen LogP contribution in [-0.2, 0) is 4.74 Å². The number of piperidine rings is 1. The normalized spacial score (nSPS) is 14.5. The third-order valence-electron chi connectivity index (χ3n) is 4.66. The molecule has 1 amide bonds. The number of likely N-dealkylation sites (tertiary alicyclic amines) is 1. The van der Waals surface area contributed by atoms with Gasteiger partial charge >= 0.3 is 6.09 Å². The van der Waals surface area contributed by atoms with Crippen LogP contribution in [0.25, 0.3) is 0 Å². The zero-order chi connectivity index (χ0) is 19.9. The van der Waals surface area contributed by atoms with Gasteiger partial charge in [-0.15, -0.1) is 0 Å². The fraction of sp³-hybridized carbons (Fsp3) is 0.450. The Morgan fingerprint density at radius 2 is 1.96 bits per heavy atom. The molecule has 2 N–H and O–H groups in total. The van der Waals surface area contributed by atoms with Crippen LogP contribution in [0.4, 0.5) is 22.1 Å². The van der Waals surface area contributed by atoms with Crippen molar-refractivity contribution in [2.45, 2.75) is 32.7 Å². The fourth-order valence-corrected chi connectivity index (χ4v) is 3.19. The van der Waals surface area contributed by atoms with Gasteiger partial charge in [-0.3, -0.25) is 0 Å². The van der Waals surface area contributed by atoms with E-state index in [-0.39, 0.29) is 12.1 Å². The summed E-state index contributed by atoms with van der Waals surface area (Å²) in [5.74, 6) is 2.19. The molecule has 0 bridgehead atoms. The summed E-state index contributed by atoms with van der Waals surface area (Å²) in [6, 6.07) is 8.06. The van der Waals surface area contributed by atoms with E-state index in [0.29, 0.717) is 25.5 Å². The summed E-state index contributed by atoms with van der Waals surface area (Å²) in [5.41, 5.74) is 1.99. The summed E-state index contributed by atoms with van der Waals surface area (Å²) >= 11 is 0. The van der Waals surface area contributed by atoms with Crippen molar-refractivity contribution in [1.82, 2.24) is 14.9 Å². The quantitative estimate of drug-likeness (QED) is 0.786. The first-order chi connectivity index (χ1) is 13.6. The number of methoxy groups -OCH3 is 1. The lowest BCUT2D eigenvalue weighted by molar-refractivity contribution is 0.0983. The van der Waals surface area contributed by atoms with Gasteiger partial charge in [-0.1, -0.05) is 6.07 Å². The number of carbonyl (C=O) groups is 1. The number of amides is 1. The molecule has 0 unspecified atom stereocenters. The van der Waals surface area contributed by atoms with Gasteiger partial charge in [-0.2, -0.15) is 0 Å². The average molecular weight is 385 g/mol. The molecule has 150 valence electrons. The lowest BCUT2D eigenvalue weighted by Gasteiger charge is -2.31. The Labute approximate surface area is 165 Å². The molecule has 0 aliphatic carbocycles. The second kappa shape index (κ2) is 9.25. The molecule has 1 fully saturated rings. The molecule has 8 heteroatoms. The van der Waals surface area contributed by atoms with E-state index in [1.54, 1.807) is 12.0 Å². The number of carbonyl (C=O) groups excluding carboxylic acids is 1. The first kappa shape index (κ1) is 19.7. The number of anilines is 3. The summed E-state index contributed by atoms with van der Waals surface area (Å²) in [4.78, 5) is 22.2. The smallest absolute Gasteiger partial charge is 0.409 e.